The summed E-state index contributed by atoms with van der Waals surface area (Å²) in [4.78, 5) is 2.68. The molecule has 102 valence electrons. The molecule has 0 bridgehead atoms. The minimum Gasteiger partial charge on any atom is -0.296 e. The van der Waals surface area contributed by atoms with Gasteiger partial charge < -0.3 is 0 Å². The van der Waals surface area contributed by atoms with E-state index in [1.165, 1.54) is 38.8 Å². The highest BCUT2D eigenvalue weighted by Gasteiger charge is 2.41. The minimum atomic E-state index is 0.259. The number of hydrazine groups is 1. The van der Waals surface area contributed by atoms with Crippen LogP contribution in [0.1, 0.15) is 59.8 Å². The van der Waals surface area contributed by atoms with Gasteiger partial charge in [-0.05, 0) is 51.1 Å². The minimum absolute atomic E-state index is 0.259. The van der Waals surface area contributed by atoms with E-state index in [9.17, 15) is 0 Å². The van der Waals surface area contributed by atoms with Crippen LogP contribution in [0.25, 0.3) is 0 Å². The molecule has 3 N–H and O–H groups in total. The first-order valence-corrected chi connectivity index (χ1v) is 7.31. The Balaban J connectivity index is 2.85. The van der Waals surface area contributed by atoms with Gasteiger partial charge in [-0.3, -0.25) is 16.2 Å². The standard InChI is InChI=1S/C14H31N3/c1-5-14(6-2,17-9-7-8-10-17)13(16-15)11-12(3)4/h12-13,16H,5-11,15H2,1-4H3. The van der Waals surface area contributed by atoms with E-state index >= 15 is 0 Å². The van der Waals surface area contributed by atoms with Gasteiger partial charge in [0.2, 0.25) is 0 Å². The number of rotatable bonds is 7. The summed E-state index contributed by atoms with van der Waals surface area (Å²) in [7, 11) is 0. The molecule has 1 aliphatic rings. The second-order valence-corrected chi connectivity index (χ2v) is 5.85. The largest absolute Gasteiger partial charge is 0.296 e. The lowest BCUT2D eigenvalue weighted by Gasteiger charge is -2.47. The summed E-state index contributed by atoms with van der Waals surface area (Å²) in [5, 5.41) is 0. The maximum Gasteiger partial charge on any atom is 0.0397 e. The van der Waals surface area contributed by atoms with Crippen molar-refractivity contribution in [1.82, 2.24) is 10.3 Å². The zero-order chi connectivity index (χ0) is 12.9. The quantitative estimate of drug-likeness (QED) is 0.531. The molecule has 0 amide bonds. The molecule has 3 heteroatoms. The van der Waals surface area contributed by atoms with Gasteiger partial charge in [0.1, 0.15) is 0 Å². The lowest BCUT2D eigenvalue weighted by atomic mass is 9.79. The van der Waals surface area contributed by atoms with E-state index in [1.807, 2.05) is 0 Å². The van der Waals surface area contributed by atoms with Crippen LogP contribution in [0.5, 0.6) is 0 Å². The van der Waals surface area contributed by atoms with Crippen molar-refractivity contribution in [3.05, 3.63) is 0 Å². The molecule has 0 radical (unpaired) electrons. The predicted octanol–water partition coefficient (Wildman–Crippen LogP) is 2.52. The molecule has 1 heterocycles. The van der Waals surface area contributed by atoms with E-state index < -0.39 is 0 Å². The third-order valence-electron chi connectivity index (χ3n) is 4.52. The van der Waals surface area contributed by atoms with Crippen molar-refractivity contribution in [3.63, 3.8) is 0 Å². The molecule has 1 fully saturated rings. The van der Waals surface area contributed by atoms with Gasteiger partial charge in [-0.25, -0.2) is 0 Å². The maximum atomic E-state index is 5.85. The molecule has 1 atom stereocenters. The van der Waals surface area contributed by atoms with Gasteiger partial charge in [0, 0.05) is 11.6 Å². The highest BCUT2D eigenvalue weighted by atomic mass is 15.3. The number of likely N-dealkylation sites (tertiary alicyclic amines) is 1. The smallest absolute Gasteiger partial charge is 0.0397 e. The highest BCUT2D eigenvalue weighted by Crippen LogP contribution is 2.33. The van der Waals surface area contributed by atoms with E-state index in [2.05, 4.69) is 38.0 Å². The fourth-order valence-electron chi connectivity index (χ4n) is 3.49. The molecule has 0 aromatic heterocycles. The fraction of sp³-hybridized carbons (Fsp3) is 1.00. The molecule has 0 spiro atoms. The van der Waals surface area contributed by atoms with Crippen LogP contribution in [0.4, 0.5) is 0 Å². The molecule has 1 saturated heterocycles. The molecule has 1 aliphatic heterocycles. The maximum absolute atomic E-state index is 5.85. The van der Waals surface area contributed by atoms with Crippen molar-refractivity contribution in [3.8, 4) is 0 Å². The average molecular weight is 241 g/mol. The number of nitrogens with two attached hydrogens (primary N) is 1. The van der Waals surface area contributed by atoms with Gasteiger partial charge in [-0.1, -0.05) is 27.7 Å². The van der Waals surface area contributed by atoms with E-state index in [-0.39, 0.29) is 5.54 Å². The summed E-state index contributed by atoms with van der Waals surface area (Å²) in [5.74, 6) is 6.54. The Morgan fingerprint density at radius 3 is 2.06 bits per heavy atom. The molecule has 0 aliphatic carbocycles. The van der Waals surface area contributed by atoms with Crippen molar-refractivity contribution in [2.45, 2.75) is 71.4 Å². The third kappa shape index (κ3) is 3.21. The van der Waals surface area contributed by atoms with E-state index in [4.69, 9.17) is 5.84 Å². The summed E-state index contributed by atoms with van der Waals surface area (Å²) in [6, 6.07) is 0.413. The number of nitrogens with zero attached hydrogens (tertiary/aromatic N) is 1. The molecule has 1 rings (SSSR count). The van der Waals surface area contributed by atoms with Gasteiger partial charge in [-0.15, -0.1) is 0 Å². The Labute approximate surface area is 107 Å². The summed E-state index contributed by atoms with van der Waals surface area (Å²) in [5.41, 5.74) is 3.37. The first-order chi connectivity index (χ1) is 8.10. The summed E-state index contributed by atoms with van der Waals surface area (Å²) in [6.45, 7) is 11.7. The van der Waals surface area contributed by atoms with Crippen LogP contribution >= 0.6 is 0 Å². The van der Waals surface area contributed by atoms with Crippen LogP contribution in [0.15, 0.2) is 0 Å². The van der Waals surface area contributed by atoms with Crippen LogP contribution in [0.3, 0.4) is 0 Å². The Hall–Kier alpha value is -0.120. The second kappa shape index (κ2) is 6.72. The molecule has 0 aromatic carbocycles. The van der Waals surface area contributed by atoms with Crippen molar-refractivity contribution in [2.75, 3.05) is 13.1 Å². The Kier molecular flexibility index (Phi) is 5.90. The summed E-state index contributed by atoms with van der Waals surface area (Å²) in [6.07, 6.45) is 6.23. The number of hydrogen-bond donors (Lipinski definition) is 2. The molecule has 0 aromatic rings. The summed E-state index contributed by atoms with van der Waals surface area (Å²) < 4.78 is 0. The van der Waals surface area contributed by atoms with E-state index in [1.54, 1.807) is 0 Å². The molecule has 0 saturated carbocycles. The van der Waals surface area contributed by atoms with Crippen LogP contribution in [0.2, 0.25) is 0 Å². The zero-order valence-corrected chi connectivity index (χ0v) is 12.1. The van der Waals surface area contributed by atoms with Gasteiger partial charge in [0.25, 0.3) is 0 Å². The lowest BCUT2D eigenvalue weighted by molar-refractivity contribution is 0.0537. The Morgan fingerprint density at radius 2 is 1.71 bits per heavy atom. The van der Waals surface area contributed by atoms with Crippen molar-refractivity contribution in [1.29, 1.82) is 0 Å². The van der Waals surface area contributed by atoms with Crippen molar-refractivity contribution >= 4 is 0 Å². The SMILES string of the molecule is CCC(CC)(C(CC(C)C)NN)N1CCCC1. The first-order valence-electron chi connectivity index (χ1n) is 7.31. The monoisotopic (exact) mass is 241 g/mol. The zero-order valence-electron chi connectivity index (χ0n) is 12.1. The molecule has 3 nitrogen and oxygen atoms in total. The van der Waals surface area contributed by atoms with Crippen LogP contribution in [-0.4, -0.2) is 29.6 Å². The predicted molar refractivity (Wildman–Crippen MR) is 74.7 cm³/mol. The van der Waals surface area contributed by atoms with E-state index in [0.717, 1.165) is 6.42 Å². The molecular formula is C14H31N3. The molecule has 17 heavy (non-hydrogen) atoms. The molecular weight excluding hydrogens is 210 g/mol. The normalized spacial score (nSPS) is 20.1. The lowest BCUT2D eigenvalue weighted by Crippen LogP contribution is -2.62. The van der Waals surface area contributed by atoms with Crippen LogP contribution in [0, 0.1) is 5.92 Å². The highest BCUT2D eigenvalue weighted by molar-refractivity contribution is 4.99. The molecule has 1 unspecified atom stereocenters. The fourth-order valence-corrected chi connectivity index (χ4v) is 3.49. The second-order valence-electron chi connectivity index (χ2n) is 5.85. The van der Waals surface area contributed by atoms with Gasteiger partial charge in [0.05, 0.1) is 0 Å². The third-order valence-corrected chi connectivity index (χ3v) is 4.52. The number of nitrogens with one attached hydrogen (secondary N) is 1. The van der Waals surface area contributed by atoms with Crippen LogP contribution in [-0.2, 0) is 0 Å². The topological polar surface area (TPSA) is 41.3 Å². The van der Waals surface area contributed by atoms with Gasteiger partial charge >= 0.3 is 0 Å². The first kappa shape index (κ1) is 14.9. The van der Waals surface area contributed by atoms with Gasteiger partial charge in [-0.2, -0.15) is 0 Å². The van der Waals surface area contributed by atoms with Crippen molar-refractivity contribution in [2.24, 2.45) is 11.8 Å². The average Bonchev–Trinajstić information content (AvgIpc) is 2.83. The van der Waals surface area contributed by atoms with Gasteiger partial charge in [0.15, 0.2) is 0 Å². The Bertz CT molecular complexity index is 206. The van der Waals surface area contributed by atoms with Crippen molar-refractivity contribution < 1.29 is 0 Å². The van der Waals surface area contributed by atoms with E-state index in [0.29, 0.717) is 12.0 Å². The number of hydrogen-bond acceptors (Lipinski definition) is 3. The Morgan fingerprint density at radius 1 is 1.18 bits per heavy atom. The van der Waals surface area contributed by atoms with Crippen LogP contribution < -0.4 is 11.3 Å². The summed E-state index contributed by atoms with van der Waals surface area (Å²) >= 11 is 0.